The first-order chi connectivity index (χ1) is 9.08. The summed E-state index contributed by atoms with van der Waals surface area (Å²) in [6.45, 7) is 0.574. The molecule has 2 rings (SSSR count). The monoisotopic (exact) mass is 265 g/mol. The maximum Gasteiger partial charge on any atom is 0.334 e. The van der Waals surface area contributed by atoms with E-state index in [-0.39, 0.29) is 19.2 Å². The Bertz CT molecular complexity index is 492. The van der Waals surface area contributed by atoms with E-state index in [1.165, 1.54) is 4.90 Å². The van der Waals surface area contributed by atoms with Crippen molar-refractivity contribution in [2.24, 2.45) is 0 Å². The molecule has 0 saturated carbocycles. The zero-order valence-electron chi connectivity index (χ0n) is 10.2. The number of rotatable bonds is 2. The number of nitrogen functional groups attached to an aromatic ring is 1. The van der Waals surface area contributed by atoms with Gasteiger partial charge < -0.3 is 25.8 Å². The Hall–Kier alpha value is -2.28. The topological polar surface area (TPSA) is 105 Å². The van der Waals surface area contributed by atoms with Gasteiger partial charge in [0.05, 0.1) is 24.5 Å². The number of nitrogens with one attached hydrogen (secondary N) is 1. The maximum atomic E-state index is 12.0. The van der Waals surface area contributed by atoms with Crippen LogP contribution < -0.4 is 11.1 Å². The van der Waals surface area contributed by atoms with Gasteiger partial charge in [-0.3, -0.25) is 0 Å². The van der Waals surface area contributed by atoms with Crippen molar-refractivity contribution in [3.63, 3.8) is 0 Å². The number of aliphatic carboxylic acids is 1. The van der Waals surface area contributed by atoms with Gasteiger partial charge in [-0.05, 0) is 12.1 Å². The average molecular weight is 265 g/mol. The van der Waals surface area contributed by atoms with E-state index in [1.807, 2.05) is 0 Å². The Morgan fingerprint density at radius 2 is 2.16 bits per heavy atom. The SMILES string of the molecule is Nc1ccccc1NC(=O)N1CCOC(C(=O)O)C1. The van der Waals surface area contributed by atoms with Crippen molar-refractivity contribution in [3.05, 3.63) is 24.3 Å². The Labute approximate surface area is 109 Å². The number of nitrogens with two attached hydrogens (primary N) is 1. The van der Waals surface area contributed by atoms with E-state index >= 15 is 0 Å². The van der Waals surface area contributed by atoms with Crippen LogP contribution in [0.25, 0.3) is 0 Å². The van der Waals surface area contributed by atoms with E-state index in [9.17, 15) is 9.59 Å². The number of nitrogens with zero attached hydrogens (tertiary/aromatic N) is 1. The first-order valence-electron chi connectivity index (χ1n) is 5.83. The lowest BCUT2D eigenvalue weighted by atomic mass is 10.2. The molecule has 2 amide bonds. The standard InChI is InChI=1S/C12H15N3O4/c13-8-3-1-2-4-9(8)14-12(18)15-5-6-19-10(7-15)11(16)17/h1-4,10H,5-7,13H2,(H,14,18)(H,16,17). The van der Waals surface area contributed by atoms with Gasteiger partial charge in [0.1, 0.15) is 0 Å². The van der Waals surface area contributed by atoms with E-state index in [4.69, 9.17) is 15.6 Å². The summed E-state index contributed by atoms with van der Waals surface area (Å²) >= 11 is 0. The fraction of sp³-hybridized carbons (Fsp3) is 0.333. The van der Waals surface area contributed by atoms with Crippen molar-refractivity contribution >= 4 is 23.4 Å². The average Bonchev–Trinajstić information content (AvgIpc) is 2.41. The summed E-state index contributed by atoms with van der Waals surface area (Å²) in [4.78, 5) is 24.2. The molecule has 1 aromatic rings. The lowest BCUT2D eigenvalue weighted by Gasteiger charge is -2.30. The smallest absolute Gasteiger partial charge is 0.334 e. The largest absolute Gasteiger partial charge is 0.479 e. The second kappa shape index (κ2) is 5.57. The zero-order valence-corrected chi connectivity index (χ0v) is 10.2. The van der Waals surface area contributed by atoms with Crippen LogP contribution in [-0.4, -0.2) is 47.8 Å². The number of ether oxygens (including phenoxy) is 1. The van der Waals surface area contributed by atoms with E-state index in [1.54, 1.807) is 24.3 Å². The van der Waals surface area contributed by atoms with Crippen LogP contribution in [-0.2, 0) is 9.53 Å². The molecule has 102 valence electrons. The van der Waals surface area contributed by atoms with Gasteiger partial charge in [-0.1, -0.05) is 12.1 Å². The first-order valence-corrected chi connectivity index (χ1v) is 5.83. The summed E-state index contributed by atoms with van der Waals surface area (Å²) in [5, 5.41) is 11.5. The highest BCUT2D eigenvalue weighted by Crippen LogP contribution is 2.17. The number of carboxylic acid groups (broad SMARTS) is 1. The second-order valence-corrected chi connectivity index (χ2v) is 4.16. The minimum Gasteiger partial charge on any atom is -0.479 e. The number of carbonyl (C=O) groups excluding carboxylic acids is 1. The predicted molar refractivity (Wildman–Crippen MR) is 68.8 cm³/mol. The molecule has 0 spiro atoms. The molecular weight excluding hydrogens is 250 g/mol. The summed E-state index contributed by atoms with van der Waals surface area (Å²) in [6, 6.07) is 6.50. The number of hydrogen-bond acceptors (Lipinski definition) is 4. The minimum atomic E-state index is -1.07. The van der Waals surface area contributed by atoms with E-state index in [0.717, 1.165) is 0 Å². The van der Waals surface area contributed by atoms with Crippen LogP contribution >= 0.6 is 0 Å². The Morgan fingerprint density at radius 1 is 1.42 bits per heavy atom. The van der Waals surface area contributed by atoms with Gasteiger partial charge in [0, 0.05) is 6.54 Å². The minimum absolute atomic E-state index is 0.0217. The van der Waals surface area contributed by atoms with Gasteiger partial charge >= 0.3 is 12.0 Å². The van der Waals surface area contributed by atoms with Crippen molar-refractivity contribution in [1.82, 2.24) is 4.90 Å². The van der Waals surface area contributed by atoms with E-state index in [0.29, 0.717) is 17.9 Å². The van der Waals surface area contributed by atoms with E-state index < -0.39 is 12.1 Å². The summed E-state index contributed by atoms with van der Waals surface area (Å²) in [5.41, 5.74) is 6.68. The highest BCUT2D eigenvalue weighted by molar-refractivity contribution is 5.93. The number of para-hydroxylation sites is 2. The Kier molecular flexibility index (Phi) is 3.86. The quantitative estimate of drug-likeness (QED) is 0.679. The molecule has 1 aliphatic heterocycles. The molecule has 1 fully saturated rings. The summed E-state index contributed by atoms with van der Waals surface area (Å²) in [7, 11) is 0. The molecule has 7 nitrogen and oxygen atoms in total. The highest BCUT2D eigenvalue weighted by atomic mass is 16.5. The molecule has 1 aliphatic rings. The lowest BCUT2D eigenvalue weighted by Crippen LogP contribution is -2.49. The van der Waals surface area contributed by atoms with Crippen LogP contribution in [0.3, 0.4) is 0 Å². The molecule has 1 unspecified atom stereocenters. The predicted octanol–water partition coefficient (Wildman–Crippen LogP) is 0.586. The molecular formula is C12H15N3O4. The second-order valence-electron chi connectivity index (χ2n) is 4.16. The van der Waals surface area contributed by atoms with Crippen LogP contribution in [0.4, 0.5) is 16.2 Å². The molecule has 1 aromatic carbocycles. The van der Waals surface area contributed by atoms with Gasteiger partial charge in [0.25, 0.3) is 0 Å². The molecule has 1 atom stereocenters. The normalized spacial score (nSPS) is 18.9. The lowest BCUT2D eigenvalue weighted by molar-refractivity contribution is -0.154. The fourth-order valence-electron chi connectivity index (χ4n) is 1.79. The van der Waals surface area contributed by atoms with Crippen molar-refractivity contribution in [2.45, 2.75) is 6.10 Å². The fourth-order valence-corrected chi connectivity index (χ4v) is 1.79. The van der Waals surface area contributed by atoms with Gasteiger partial charge in [0.2, 0.25) is 0 Å². The van der Waals surface area contributed by atoms with Gasteiger partial charge in [-0.2, -0.15) is 0 Å². The summed E-state index contributed by atoms with van der Waals surface area (Å²) in [5.74, 6) is -1.07. The number of morpholine rings is 1. The number of hydrogen-bond donors (Lipinski definition) is 3. The summed E-state index contributed by atoms with van der Waals surface area (Å²) in [6.07, 6.45) is -0.979. The molecule has 0 aromatic heterocycles. The highest BCUT2D eigenvalue weighted by Gasteiger charge is 2.29. The molecule has 4 N–H and O–H groups in total. The Balaban J connectivity index is 2.00. The molecule has 1 heterocycles. The zero-order chi connectivity index (χ0) is 13.8. The molecule has 19 heavy (non-hydrogen) atoms. The molecule has 0 aliphatic carbocycles. The number of anilines is 2. The first kappa shape index (κ1) is 13.2. The third kappa shape index (κ3) is 3.14. The van der Waals surface area contributed by atoms with Crippen molar-refractivity contribution < 1.29 is 19.4 Å². The third-order valence-corrected chi connectivity index (χ3v) is 2.83. The van der Waals surface area contributed by atoms with Crippen LogP contribution in [0, 0.1) is 0 Å². The van der Waals surface area contributed by atoms with Gasteiger partial charge in [-0.25, -0.2) is 9.59 Å². The van der Waals surface area contributed by atoms with Gasteiger partial charge in [-0.15, -0.1) is 0 Å². The molecule has 0 bridgehead atoms. The third-order valence-electron chi connectivity index (χ3n) is 2.83. The van der Waals surface area contributed by atoms with Gasteiger partial charge in [0.15, 0.2) is 6.10 Å². The number of amides is 2. The van der Waals surface area contributed by atoms with Crippen molar-refractivity contribution in [2.75, 3.05) is 30.7 Å². The van der Waals surface area contributed by atoms with Crippen molar-refractivity contribution in [1.29, 1.82) is 0 Å². The Morgan fingerprint density at radius 3 is 2.84 bits per heavy atom. The number of carbonyl (C=O) groups is 2. The molecule has 7 heteroatoms. The van der Waals surface area contributed by atoms with Crippen LogP contribution in [0.15, 0.2) is 24.3 Å². The number of urea groups is 1. The molecule has 1 saturated heterocycles. The number of carboxylic acids is 1. The van der Waals surface area contributed by atoms with Crippen LogP contribution in [0.5, 0.6) is 0 Å². The van der Waals surface area contributed by atoms with Crippen LogP contribution in [0.1, 0.15) is 0 Å². The molecule has 0 radical (unpaired) electrons. The van der Waals surface area contributed by atoms with E-state index in [2.05, 4.69) is 5.32 Å². The maximum absolute atomic E-state index is 12.0. The number of benzene rings is 1. The van der Waals surface area contributed by atoms with Crippen LogP contribution in [0.2, 0.25) is 0 Å². The van der Waals surface area contributed by atoms with Crippen molar-refractivity contribution in [3.8, 4) is 0 Å². The summed E-state index contributed by atoms with van der Waals surface area (Å²) < 4.78 is 5.05.